The monoisotopic (exact) mass is 367 g/mol. The number of carboxylic acids is 1. The largest absolute Gasteiger partial charge is 0.479 e. The molecule has 1 aliphatic rings. The Hall–Kier alpha value is -1.86. The van der Waals surface area contributed by atoms with Crippen LogP contribution in [0.1, 0.15) is 16.1 Å². The van der Waals surface area contributed by atoms with Gasteiger partial charge in [0.25, 0.3) is 5.91 Å². The van der Waals surface area contributed by atoms with E-state index in [1.165, 1.54) is 4.90 Å². The topological polar surface area (TPSA) is 80.0 Å². The maximum atomic E-state index is 12.5. The molecule has 0 bridgehead atoms. The maximum Gasteiger partial charge on any atom is 0.334 e. The molecule has 1 N–H and O–H groups in total. The minimum Gasteiger partial charge on any atom is -0.479 e. The molecule has 1 fully saturated rings. The highest BCUT2D eigenvalue weighted by molar-refractivity contribution is 9.10. The van der Waals surface area contributed by atoms with Gasteiger partial charge in [-0.05, 0) is 30.7 Å². The first-order chi connectivity index (χ1) is 10.5. The standard InChI is InChI=1S/C15H14BrNO5/c1-8-4-10(16)5-9-6-11(22-13(8)9)14(18)17-2-3-21-12(7-17)15(19)20/h4-6,12H,2-3,7H2,1H3,(H,19,20). The molecule has 3 rings (SSSR count). The third-order valence-corrected chi connectivity index (χ3v) is 4.06. The van der Waals surface area contributed by atoms with Crippen LogP contribution in [0.3, 0.4) is 0 Å². The number of carboxylic acid groups (broad SMARTS) is 1. The van der Waals surface area contributed by atoms with E-state index in [4.69, 9.17) is 14.3 Å². The first-order valence-electron chi connectivity index (χ1n) is 6.79. The zero-order valence-electron chi connectivity index (χ0n) is 11.8. The van der Waals surface area contributed by atoms with E-state index < -0.39 is 12.1 Å². The number of carbonyl (C=O) groups is 2. The Balaban J connectivity index is 1.89. The molecule has 2 aromatic rings. The van der Waals surface area contributed by atoms with Crippen molar-refractivity contribution >= 4 is 38.8 Å². The number of amides is 1. The zero-order chi connectivity index (χ0) is 15.9. The zero-order valence-corrected chi connectivity index (χ0v) is 13.4. The number of ether oxygens (including phenoxy) is 1. The predicted octanol–water partition coefficient (Wildman–Crippen LogP) is 2.43. The van der Waals surface area contributed by atoms with Crippen LogP contribution >= 0.6 is 15.9 Å². The molecule has 6 nitrogen and oxygen atoms in total. The minimum atomic E-state index is -1.07. The van der Waals surface area contributed by atoms with Gasteiger partial charge in [-0.15, -0.1) is 0 Å². The average molecular weight is 368 g/mol. The van der Waals surface area contributed by atoms with Gasteiger partial charge in [0.1, 0.15) is 5.58 Å². The van der Waals surface area contributed by atoms with Gasteiger partial charge in [0.2, 0.25) is 0 Å². The number of aryl methyl sites for hydroxylation is 1. The van der Waals surface area contributed by atoms with Crippen LogP contribution in [-0.4, -0.2) is 47.7 Å². The normalized spacial score (nSPS) is 18.6. The molecule has 22 heavy (non-hydrogen) atoms. The van der Waals surface area contributed by atoms with Crippen LogP contribution in [-0.2, 0) is 9.53 Å². The lowest BCUT2D eigenvalue weighted by atomic mass is 10.2. The highest BCUT2D eigenvalue weighted by atomic mass is 79.9. The SMILES string of the molecule is Cc1cc(Br)cc2cc(C(=O)N3CCOC(C(=O)O)C3)oc12. The molecular formula is C15H14BrNO5. The van der Waals surface area contributed by atoms with Gasteiger partial charge in [0, 0.05) is 16.4 Å². The van der Waals surface area contributed by atoms with Crippen molar-refractivity contribution in [3.8, 4) is 0 Å². The molecule has 0 aliphatic carbocycles. The number of benzene rings is 1. The van der Waals surface area contributed by atoms with E-state index in [1.807, 2.05) is 19.1 Å². The lowest BCUT2D eigenvalue weighted by molar-refractivity contribution is -0.154. The molecule has 1 unspecified atom stereocenters. The molecular weight excluding hydrogens is 354 g/mol. The van der Waals surface area contributed by atoms with E-state index in [-0.39, 0.29) is 24.8 Å². The van der Waals surface area contributed by atoms with E-state index in [9.17, 15) is 9.59 Å². The second-order valence-electron chi connectivity index (χ2n) is 5.20. The fourth-order valence-corrected chi connectivity index (χ4v) is 3.12. The summed E-state index contributed by atoms with van der Waals surface area (Å²) in [4.78, 5) is 24.9. The van der Waals surface area contributed by atoms with Crippen molar-refractivity contribution in [2.45, 2.75) is 13.0 Å². The van der Waals surface area contributed by atoms with Crippen molar-refractivity contribution in [2.24, 2.45) is 0 Å². The second-order valence-corrected chi connectivity index (χ2v) is 6.12. The van der Waals surface area contributed by atoms with Crippen molar-refractivity contribution in [3.05, 3.63) is 34.0 Å². The van der Waals surface area contributed by atoms with Crippen LogP contribution in [0.2, 0.25) is 0 Å². The number of hydrogen-bond acceptors (Lipinski definition) is 4. The number of rotatable bonds is 2. The van der Waals surface area contributed by atoms with Crippen molar-refractivity contribution in [1.29, 1.82) is 0 Å². The van der Waals surface area contributed by atoms with Crippen molar-refractivity contribution in [2.75, 3.05) is 19.7 Å². The fraction of sp³-hybridized carbons (Fsp3) is 0.333. The summed E-state index contributed by atoms with van der Waals surface area (Å²) in [6.45, 7) is 2.48. The summed E-state index contributed by atoms with van der Waals surface area (Å²) in [6.07, 6.45) is -0.988. The molecule has 1 amide bonds. The number of fused-ring (bicyclic) bond motifs is 1. The average Bonchev–Trinajstić information content (AvgIpc) is 2.90. The van der Waals surface area contributed by atoms with Gasteiger partial charge in [-0.25, -0.2) is 4.79 Å². The summed E-state index contributed by atoms with van der Waals surface area (Å²) in [5, 5.41) is 9.83. The van der Waals surface area contributed by atoms with Crippen LogP contribution in [0.25, 0.3) is 11.0 Å². The Bertz CT molecular complexity index is 754. The highest BCUT2D eigenvalue weighted by Crippen LogP contribution is 2.27. The number of hydrogen-bond donors (Lipinski definition) is 1. The van der Waals surface area contributed by atoms with E-state index in [1.54, 1.807) is 6.07 Å². The van der Waals surface area contributed by atoms with E-state index >= 15 is 0 Å². The Morgan fingerprint density at radius 1 is 1.36 bits per heavy atom. The molecule has 1 aromatic carbocycles. The molecule has 0 radical (unpaired) electrons. The first-order valence-corrected chi connectivity index (χ1v) is 7.58. The summed E-state index contributed by atoms with van der Waals surface area (Å²) in [5.74, 6) is -1.18. The summed E-state index contributed by atoms with van der Waals surface area (Å²) >= 11 is 3.41. The first kappa shape index (κ1) is 15.1. The van der Waals surface area contributed by atoms with Gasteiger partial charge < -0.3 is 19.2 Å². The Morgan fingerprint density at radius 3 is 2.86 bits per heavy atom. The van der Waals surface area contributed by atoms with Crippen molar-refractivity contribution in [1.82, 2.24) is 4.90 Å². The summed E-state index contributed by atoms with van der Waals surface area (Å²) in [5.41, 5.74) is 1.59. The number of halogens is 1. The van der Waals surface area contributed by atoms with Crippen LogP contribution in [0.4, 0.5) is 0 Å². The molecule has 1 aromatic heterocycles. The van der Waals surface area contributed by atoms with Crippen LogP contribution in [0.15, 0.2) is 27.1 Å². The molecule has 0 spiro atoms. The quantitative estimate of drug-likeness (QED) is 0.881. The van der Waals surface area contributed by atoms with E-state index in [0.717, 1.165) is 15.4 Å². The molecule has 0 saturated carbocycles. The van der Waals surface area contributed by atoms with Crippen molar-refractivity contribution < 1.29 is 23.8 Å². The Labute approximate surface area is 134 Å². The molecule has 1 saturated heterocycles. The van der Waals surface area contributed by atoms with Gasteiger partial charge in [-0.2, -0.15) is 0 Å². The third-order valence-electron chi connectivity index (χ3n) is 3.61. The summed E-state index contributed by atoms with van der Waals surface area (Å²) in [7, 11) is 0. The van der Waals surface area contributed by atoms with Gasteiger partial charge in [0.05, 0.1) is 13.2 Å². The number of carbonyl (C=O) groups excluding carboxylic acids is 1. The smallest absolute Gasteiger partial charge is 0.334 e. The number of nitrogens with zero attached hydrogens (tertiary/aromatic N) is 1. The maximum absolute atomic E-state index is 12.5. The van der Waals surface area contributed by atoms with E-state index in [0.29, 0.717) is 12.1 Å². The number of morpholine rings is 1. The molecule has 116 valence electrons. The predicted molar refractivity (Wildman–Crippen MR) is 81.9 cm³/mol. The molecule has 1 aliphatic heterocycles. The second kappa shape index (κ2) is 5.73. The lowest BCUT2D eigenvalue weighted by Crippen LogP contribution is -2.48. The van der Waals surface area contributed by atoms with Crippen LogP contribution in [0, 0.1) is 6.92 Å². The number of furan rings is 1. The van der Waals surface area contributed by atoms with Crippen molar-refractivity contribution in [3.63, 3.8) is 0 Å². The fourth-order valence-electron chi connectivity index (χ4n) is 2.53. The van der Waals surface area contributed by atoms with Gasteiger partial charge in [-0.1, -0.05) is 15.9 Å². The van der Waals surface area contributed by atoms with E-state index in [2.05, 4.69) is 15.9 Å². The molecule has 1 atom stereocenters. The number of aliphatic carboxylic acids is 1. The Kier molecular flexibility index (Phi) is 3.92. The van der Waals surface area contributed by atoms with Gasteiger partial charge >= 0.3 is 5.97 Å². The van der Waals surface area contributed by atoms with Gasteiger partial charge in [-0.3, -0.25) is 4.79 Å². The minimum absolute atomic E-state index is 0.0217. The van der Waals surface area contributed by atoms with Gasteiger partial charge in [0.15, 0.2) is 11.9 Å². The Morgan fingerprint density at radius 2 is 2.14 bits per heavy atom. The highest BCUT2D eigenvalue weighted by Gasteiger charge is 2.30. The summed E-state index contributed by atoms with van der Waals surface area (Å²) in [6, 6.07) is 5.47. The molecule has 7 heteroatoms. The summed E-state index contributed by atoms with van der Waals surface area (Å²) < 4.78 is 11.7. The third kappa shape index (κ3) is 2.74. The van der Waals surface area contributed by atoms with Crippen LogP contribution < -0.4 is 0 Å². The van der Waals surface area contributed by atoms with Crippen LogP contribution in [0.5, 0.6) is 0 Å². The lowest BCUT2D eigenvalue weighted by Gasteiger charge is -2.30. The molecule has 2 heterocycles.